The van der Waals surface area contributed by atoms with Crippen molar-refractivity contribution < 1.29 is 9.90 Å². The number of aliphatic carboxylic acids is 1. The molecule has 0 aliphatic heterocycles. The molecule has 1 unspecified atom stereocenters. The van der Waals surface area contributed by atoms with Crippen LogP contribution in [0.5, 0.6) is 0 Å². The molecule has 0 aromatic heterocycles. The van der Waals surface area contributed by atoms with Gasteiger partial charge in [0.1, 0.15) is 6.04 Å². The number of carbonyl (C=O) groups is 1. The average molecular weight is 174 g/mol. The Hall–Kier alpha value is -0.610. The van der Waals surface area contributed by atoms with Gasteiger partial charge in [-0.05, 0) is 19.3 Å². The second kappa shape index (κ2) is 5.97. The van der Waals surface area contributed by atoms with Gasteiger partial charge in [-0.2, -0.15) is 0 Å². The molecule has 0 aromatic rings. The lowest BCUT2D eigenvalue weighted by Gasteiger charge is -2.11. The maximum absolute atomic E-state index is 10.3. The Labute approximate surface area is 72.9 Å². The molecule has 0 saturated heterocycles. The molecule has 0 rings (SSSR count). The molecule has 0 amide bonds. The maximum Gasteiger partial charge on any atom is 0.320 e. The second-order valence-electron chi connectivity index (χ2n) is 3.07. The van der Waals surface area contributed by atoms with E-state index in [9.17, 15) is 4.79 Å². The quantitative estimate of drug-likeness (QED) is 0.540. The Balaban J connectivity index is 3.46. The van der Waals surface area contributed by atoms with Crippen LogP contribution in [-0.2, 0) is 4.79 Å². The highest BCUT2D eigenvalue weighted by Crippen LogP contribution is 2.03. The number of hydrogen-bond donors (Lipinski definition) is 3. The molecule has 0 aliphatic rings. The SMILES string of the molecule is CCCC(N)CC[C@H](N)C(=O)O. The van der Waals surface area contributed by atoms with E-state index >= 15 is 0 Å². The van der Waals surface area contributed by atoms with E-state index in [4.69, 9.17) is 16.6 Å². The van der Waals surface area contributed by atoms with Crippen LogP contribution in [0.3, 0.4) is 0 Å². The van der Waals surface area contributed by atoms with Gasteiger partial charge < -0.3 is 16.6 Å². The predicted octanol–water partition coefficient (Wildman–Crippen LogP) is 0.306. The van der Waals surface area contributed by atoms with Crippen molar-refractivity contribution in [2.75, 3.05) is 0 Å². The van der Waals surface area contributed by atoms with E-state index in [1.165, 1.54) is 0 Å². The van der Waals surface area contributed by atoms with Crippen molar-refractivity contribution in [3.63, 3.8) is 0 Å². The Morgan fingerprint density at radius 2 is 1.92 bits per heavy atom. The monoisotopic (exact) mass is 174 g/mol. The van der Waals surface area contributed by atoms with Crippen molar-refractivity contribution >= 4 is 5.97 Å². The van der Waals surface area contributed by atoms with Gasteiger partial charge in [0.15, 0.2) is 0 Å². The lowest BCUT2D eigenvalue weighted by atomic mass is 10.0. The third kappa shape index (κ3) is 5.09. The van der Waals surface area contributed by atoms with Crippen LogP contribution in [0.1, 0.15) is 32.6 Å². The molecule has 4 heteroatoms. The molecular formula is C8H18N2O2. The molecular weight excluding hydrogens is 156 g/mol. The van der Waals surface area contributed by atoms with Crippen molar-refractivity contribution in [1.82, 2.24) is 0 Å². The van der Waals surface area contributed by atoms with Gasteiger partial charge in [-0.25, -0.2) is 0 Å². The summed E-state index contributed by atoms with van der Waals surface area (Å²) in [6, 6.07) is -0.659. The van der Waals surface area contributed by atoms with Gasteiger partial charge in [0.05, 0.1) is 0 Å². The van der Waals surface area contributed by atoms with E-state index in [0.29, 0.717) is 12.8 Å². The van der Waals surface area contributed by atoms with Crippen LogP contribution in [0, 0.1) is 0 Å². The summed E-state index contributed by atoms with van der Waals surface area (Å²) < 4.78 is 0. The van der Waals surface area contributed by atoms with Gasteiger partial charge in [0, 0.05) is 6.04 Å². The smallest absolute Gasteiger partial charge is 0.320 e. The summed E-state index contributed by atoms with van der Waals surface area (Å²) in [5.41, 5.74) is 11.0. The van der Waals surface area contributed by atoms with Crippen LogP contribution < -0.4 is 11.5 Å². The summed E-state index contributed by atoms with van der Waals surface area (Å²) in [6.45, 7) is 2.05. The molecule has 2 atom stereocenters. The van der Waals surface area contributed by atoms with Crippen molar-refractivity contribution in [3.05, 3.63) is 0 Å². The van der Waals surface area contributed by atoms with Crippen LogP contribution in [-0.4, -0.2) is 23.2 Å². The Morgan fingerprint density at radius 3 is 2.33 bits per heavy atom. The minimum Gasteiger partial charge on any atom is -0.480 e. The van der Waals surface area contributed by atoms with E-state index in [0.717, 1.165) is 12.8 Å². The topological polar surface area (TPSA) is 89.3 Å². The molecule has 5 N–H and O–H groups in total. The molecule has 0 radical (unpaired) electrons. The third-order valence-corrected chi connectivity index (χ3v) is 1.83. The van der Waals surface area contributed by atoms with Crippen LogP contribution in [0.2, 0.25) is 0 Å². The van der Waals surface area contributed by atoms with Crippen molar-refractivity contribution in [2.24, 2.45) is 11.5 Å². The third-order valence-electron chi connectivity index (χ3n) is 1.83. The summed E-state index contributed by atoms with van der Waals surface area (Å²) in [7, 11) is 0. The van der Waals surface area contributed by atoms with Crippen molar-refractivity contribution in [3.8, 4) is 0 Å². The van der Waals surface area contributed by atoms with E-state index in [1.54, 1.807) is 0 Å². The number of rotatable bonds is 6. The molecule has 0 fully saturated rings. The number of carboxylic acids is 1. The molecule has 4 nitrogen and oxygen atoms in total. The molecule has 0 aliphatic carbocycles. The van der Waals surface area contributed by atoms with Gasteiger partial charge in [0.2, 0.25) is 0 Å². The summed E-state index contributed by atoms with van der Waals surface area (Å²) >= 11 is 0. The van der Waals surface area contributed by atoms with Crippen LogP contribution in [0.15, 0.2) is 0 Å². The minimum absolute atomic E-state index is 0.0976. The normalized spacial score (nSPS) is 15.6. The van der Waals surface area contributed by atoms with Gasteiger partial charge in [-0.3, -0.25) is 4.79 Å². The fraction of sp³-hybridized carbons (Fsp3) is 0.875. The average Bonchev–Trinajstić information content (AvgIpc) is 2.00. The maximum atomic E-state index is 10.3. The zero-order valence-corrected chi connectivity index (χ0v) is 7.49. The Morgan fingerprint density at radius 1 is 1.33 bits per heavy atom. The first-order valence-electron chi connectivity index (χ1n) is 4.31. The predicted molar refractivity (Wildman–Crippen MR) is 47.7 cm³/mol. The second-order valence-corrected chi connectivity index (χ2v) is 3.07. The molecule has 0 saturated carbocycles. The number of hydrogen-bond acceptors (Lipinski definition) is 3. The molecule has 0 spiro atoms. The summed E-state index contributed by atoms with van der Waals surface area (Å²) in [5, 5.41) is 8.46. The highest BCUT2D eigenvalue weighted by molar-refractivity contribution is 5.72. The van der Waals surface area contributed by atoms with E-state index in [2.05, 4.69) is 6.92 Å². The van der Waals surface area contributed by atoms with E-state index < -0.39 is 12.0 Å². The van der Waals surface area contributed by atoms with Gasteiger partial charge >= 0.3 is 5.97 Å². The fourth-order valence-corrected chi connectivity index (χ4v) is 1.03. The Bertz CT molecular complexity index is 139. The standard InChI is InChI=1S/C8H18N2O2/c1-2-3-6(9)4-5-7(10)8(11)12/h6-7H,2-5,9-10H2,1H3,(H,11,12)/t6?,7-/m0/s1. The molecule has 0 aromatic carbocycles. The zero-order chi connectivity index (χ0) is 9.56. The zero-order valence-electron chi connectivity index (χ0n) is 7.49. The lowest BCUT2D eigenvalue weighted by molar-refractivity contribution is -0.138. The highest BCUT2D eigenvalue weighted by atomic mass is 16.4. The van der Waals surface area contributed by atoms with E-state index in [-0.39, 0.29) is 6.04 Å². The Kier molecular flexibility index (Phi) is 5.66. The van der Waals surface area contributed by atoms with E-state index in [1.807, 2.05) is 0 Å². The minimum atomic E-state index is -0.946. The lowest BCUT2D eigenvalue weighted by Crippen LogP contribution is -2.32. The summed E-state index contributed by atoms with van der Waals surface area (Å²) in [6.07, 6.45) is 3.13. The fourth-order valence-electron chi connectivity index (χ4n) is 1.03. The van der Waals surface area contributed by atoms with Gasteiger partial charge in [-0.1, -0.05) is 13.3 Å². The molecule has 72 valence electrons. The first kappa shape index (κ1) is 11.4. The first-order chi connectivity index (χ1) is 5.57. The van der Waals surface area contributed by atoms with Crippen LogP contribution in [0.25, 0.3) is 0 Å². The van der Waals surface area contributed by atoms with Crippen molar-refractivity contribution in [1.29, 1.82) is 0 Å². The van der Waals surface area contributed by atoms with Gasteiger partial charge in [-0.15, -0.1) is 0 Å². The number of carboxylic acid groups (broad SMARTS) is 1. The highest BCUT2D eigenvalue weighted by Gasteiger charge is 2.12. The van der Waals surface area contributed by atoms with Crippen molar-refractivity contribution in [2.45, 2.75) is 44.7 Å². The van der Waals surface area contributed by atoms with Gasteiger partial charge in [0.25, 0.3) is 0 Å². The molecule has 0 heterocycles. The van der Waals surface area contributed by atoms with Crippen LogP contribution in [0.4, 0.5) is 0 Å². The summed E-state index contributed by atoms with van der Waals surface area (Å²) in [4.78, 5) is 10.3. The largest absolute Gasteiger partial charge is 0.480 e. The molecule has 0 bridgehead atoms. The number of nitrogens with two attached hydrogens (primary N) is 2. The molecule has 12 heavy (non-hydrogen) atoms. The summed E-state index contributed by atoms with van der Waals surface area (Å²) in [5.74, 6) is -0.946. The van der Waals surface area contributed by atoms with Crippen LogP contribution >= 0.6 is 0 Å². The first-order valence-corrected chi connectivity index (χ1v) is 4.31.